The third-order valence-corrected chi connectivity index (χ3v) is 3.72. The van der Waals surface area contributed by atoms with Gasteiger partial charge >= 0.3 is 0 Å². The van der Waals surface area contributed by atoms with E-state index < -0.39 is 0 Å². The minimum atomic E-state index is 0.378. The molecule has 2 aromatic rings. The second-order valence-corrected chi connectivity index (χ2v) is 4.90. The van der Waals surface area contributed by atoms with Crippen LogP contribution in [0, 0.1) is 6.92 Å². The van der Waals surface area contributed by atoms with Crippen LogP contribution in [0.15, 0.2) is 30.5 Å². The summed E-state index contributed by atoms with van der Waals surface area (Å²) in [7, 11) is 0. The summed E-state index contributed by atoms with van der Waals surface area (Å²) in [5.41, 5.74) is 10.6. The van der Waals surface area contributed by atoms with Gasteiger partial charge in [-0.2, -0.15) is 0 Å². The fourth-order valence-corrected chi connectivity index (χ4v) is 2.87. The molecule has 0 radical (unpaired) electrons. The number of anilines is 1. The molecule has 0 aromatic carbocycles. The summed E-state index contributed by atoms with van der Waals surface area (Å²) in [6.45, 7) is 2.03. The molecule has 0 amide bonds. The molecular formula is C15H17N3. The molecule has 2 heterocycles. The van der Waals surface area contributed by atoms with Crippen LogP contribution in [0.25, 0.3) is 0 Å². The maximum absolute atomic E-state index is 5.72. The van der Waals surface area contributed by atoms with Crippen LogP contribution in [0.1, 0.15) is 41.3 Å². The zero-order valence-corrected chi connectivity index (χ0v) is 10.6. The van der Waals surface area contributed by atoms with Gasteiger partial charge in [0.15, 0.2) is 0 Å². The van der Waals surface area contributed by atoms with E-state index in [9.17, 15) is 0 Å². The van der Waals surface area contributed by atoms with Gasteiger partial charge in [-0.1, -0.05) is 12.1 Å². The van der Waals surface area contributed by atoms with Crippen LogP contribution < -0.4 is 5.73 Å². The standard InChI is InChI=1S/C15H17N3/c1-10-12(7-8-14(16)18-10)13-6-2-4-11-5-3-9-17-15(11)13/h3,5,7-9,13H,2,4,6H2,1H3,(H2,16,18). The van der Waals surface area contributed by atoms with Crippen LogP contribution in [-0.2, 0) is 6.42 Å². The van der Waals surface area contributed by atoms with Crippen molar-refractivity contribution in [2.24, 2.45) is 0 Å². The fraction of sp³-hybridized carbons (Fsp3) is 0.333. The Kier molecular flexibility index (Phi) is 2.74. The monoisotopic (exact) mass is 239 g/mol. The highest BCUT2D eigenvalue weighted by atomic mass is 14.8. The van der Waals surface area contributed by atoms with Gasteiger partial charge < -0.3 is 5.73 Å². The highest BCUT2D eigenvalue weighted by Crippen LogP contribution is 2.36. The first-order valence-corrected chi connectivity index (χ1v) is 6.42. The van der Waals surface area contributed by atoms with Gasteiger partial charge in [0.2, 0.25) is 0 Å². The summed E-state index contributed by atoms with van der Waals surface area (Å²) in [6, 6.07) is 8.20. The lowest BCUT2D eigenvalue weighted by Crippen LogP contribution is -2.14. The summed E-state index contributed by atoms with van der Waals surface area (Å²) in [6.07, 6.45) is 5.39. The van der Waals surface area contributed by atoms with Crippen molar-refractivity contribution in [3.05, 3.63) is 53.0 Å². The van der Waals surface area contributed by atoms with Gasteiger partial charge in [-0.25, -0.2) is 4.98 Å². The first-order valence-electron chi connectivity index (χ1n) is 6.42. The number of fused-ring (bicyclic) bond motifs is 1. The molecule has 0 spiro atoms. The molecule has 0 saturated carbocycles. The third-order valence-electron chi connectivity index (χ3n) is 3.72. The summed E-state index contributed by atoms with van der Waals surface area (Å²) >= 11 is 0. The highest BCUT2D eigenvalue weighted by molar-refractivity contribution is 5.41. The first kappa shape index (κ1) is 11.2. The number of nitrogens with zero attached hydrogens (tertiary/aromatic N) is 2. The molecule has 0 aliphatic heterocycles. The lowest BCUT2D eigenvalue weighted by Gasteiger charge is -2.25. The van der Waals surface area contributed by atoms with Gasteiger partial charge in [0.05, 0.1) is 5.69 Å². The Morgan fingerprint density at radius 1 is 1.28 bits per heavy atom. The van der Waals surface area contributed by atoms with Crippen molar-refractivity contribution < 1.29 is 0 Å². The van der Waals surface area contributed by atoms with E-state index in [-0.39, 0.29) is 0 Å². The van der Waals surface area contributed by atoms with Gasteiger partial charge in [-0.3, -0.25) is 4.98 Å². The Morgan fingerprint density at radius 3 is 3.00 bits per heavy atom. The van der Waals surface area contributed by atoms with E-state index in [0.717, 1.165) is 18.5 Å². The Labute approximate surface area is 107 Å². The van der Waals surface area contributed by atoms with Crippen molar-refractivity contribution in [3.63, 3.8) is 0 Å². The zero-order valence-electron chi connectivity index (χ0n) is 10.6. The van der Waals surface area contributed by atoms with E-state index >= 15 is 0 Å². The van der Waals surface area contributed by atoms with Crippen LogP contribution >= 0.6 is 0 Å². The number of hydrogen-bond donors (Lipinski definition) is 1. The average molecular weight is 239 g/mol. The van der Waals surface area contributed by atoms with Crippen LogP contribution in [0.5, 0.6) is 0 Å². The van der Waals surface area contributed by atoms with Gasteiger partial charge in [-0.05, 0) is 49.4 Å². The summed E-state index contributed by atoms with van der Waals surface area (Å²) in [5.74, 6) is 0.969. The smallest absolute Gasteiger partial charge is 0.123 e. The molecule has 18 heavy (non-hydrogen) atoms. The molecule has 92 valence electrons. The first-order chi connectivity index (χ1) is 8.75. The molecule has 2 N–H and O–H groups in total. The quantitative estimate of drug-likeness (QED) is 0.832. The van der Waals surface area contributed by atoms with Crippen LogP contribution in [0.4, 0.5) is 5.82 Å². The molecule has 3 rings (SSSR count). The van der Waals surface area contributed by atoms with Gasteiger partial charge in [0.1, 0.15) is 5.82 Å². The molecule has 2 aromatic heterocycles. The minimum Gasteiger partial charge on any atom is -0.384 e. The van der Waals surface area contributed by atoms with Gasteiger partial charge in [-0.15, -0.1) is 0 Å². The van der Waals surface area contributed by atoms with E-state index in [1.807, 2.05) is 25.3 Å². The summed E-state index contributed by atoms with van der Waals surface area (Å²) < 4.78 is 0. The molecule has 0 bridgehead atoms. The number of hydrogen-bond acceptors (Lipinski definition) is 3. The number of nitrogens with two attached hydrogens (primary N) is 1. The third kappa shape index (κ3) is 1.86. The molecule has 1 atom stereocenters. The molecule has 0 fully saturated rings. The molecule has 1 aliphatic carbocycles. The maximum atomic E-state index is 5.72. The SMILES string of the molecule is Cc1nc(N)ccc1C1CCCc2cccnc21. The average Bonchev–Trinajstić information content (AvgIpc) is 2.38. The number of rotatable bonds is 1. The molecule has 3 nitrogen and oxygen atoms in total. The normalized spacial score (nSPS) is 18.4. The van der Waals surface area contributed by atoms with E-state index in [0.29, 0.717) is 11.7 Å². The van der Waals surface area contributed by atoms with Crippen molar-refractivity contribution in [1.29, 1.82) is 0 Å². The van der Waals surface area contributed by atoms with Gasteiger partial charge in [0, 0.05) is 17.8 Å². The number of aromatic nitrogens is 2. The molecule has 1 unspecified atom stereocenters. The predicted molar refractivity (Wildman–Crippen MR) is 72.4 cm³/mol. The molecule has 3 heteroatoms. The second-order valence-electron chi connectivity index (χ2n) is 4.90. The number of aryl methyl sites for hydroxylation is 2. The molecular weight excluding hydrogens is 222 g/mol. The predicted octanol–water partition coefficient (Wildman–Crippen LogP) is 2.84. The van der Waals surface area contributed by atoms with E-state index in [4.69, 9.17) is 5.73 Å². The number of pyridine rings is 2. The maximum Gasteiger partial charge on any atom is 0.123 e. The van der Waals surface area contributed by atoms with Crippen molar-refractivity contribution >= 4 is 5.82 Å². The highest BCUT2D eigenvalue weighted by Gasteiger charge is 2.24. The van der Waals surface area contributed by atoms with Crippen LogP contribution in [-0.4, -0.2) is 9.97 Å². The molecule has 0 saturated heterocycles. The van der Waals surface area contributed by atoms with Crippen LogP contribution in [0.3, 0.4) is 0 Å². The van der Waals surface area contributed by atoms with Crippen molar-refractivity contribution in [3.8, 4) is 0 Å². The zero-order chi connectivity index (χ0) is 12.5. The Morgan fingerprint density at radius 2 is 2.17 bits per heavy atom. The Bertz CT molecular complexity index is 578. The molecule has 1 aliphatic rings. The van der Waals surface area contributed by atoms with E-state index in [1.54, 1.807) is 0 Å². The Balaban J connectivity index is 2.08. The van der Waals surface area contributed by atoms with Crippen molar-refractivity contribution in [1.82, 2.24) is 9.97 Å². The fourth-order valence-electron chi connectivity index (χ4n) is 2.87. The number of nitrogen functional groups attached to an aromatic ring is 1. The Hall–Kier alpha value is -1.90. The summed E-state index contributed by atoms with van der Waals surface area (Å²) in [5, 5.41) is 0. The summed E-state index contributed by atoms with van der Waals surface area (Å²) in [4.78, 5) is 8.95. The lowest BCUT2D eigenvalue weighted by molar-refractivity contribution is 0.595. The lowest BCUT2D eigenvalue weighted by atomic mass is 9.81. The topological polar surface area (TPSA) is 51.8 Å². The van der Waals surface area contributed by atoms with E-state index in [1.165, 1.54) is 23.2 Å². The second kappa shape index (κ2) is 4.41. The minimum absolute atomic E-state index is 0.378. The van der Waals surface area contributed by atoms with Gasteiger partial charge in [0.25, 0.3) is 0 Å². The van der Waals surface area contributed by atoms with Crippen molar-refractivity contribution in [2.45, 2.75) is 32.1 Å². The largest absolute Gasteiger partial charge is 0.384 e. The van der Waals surface area contributed by atoms with Crippen molar-refractivity contribution in [2.75, 3.05) is 5.73 Å². The van der Waals surface area contributed by atoms with Crippen LogP contribution in [0.2, 0.25) is 0 Å². The van der Waals surface area contributed by atoms with E-state index in [2.05, 4.69) is 22.1 Å².